The fraction of sp³-hybridized carbons (Fsp3) is 0.464. The van der Waals surface area contributed by atoms with Crippen molar-refractivity contribution in [1.29, 1.82) is 0 Å². The fourth-order valence-corrected chi connectivity index (χ4v) is 6.83. The molecule has 0 aliphatic carbocycles. The van der Waals surface area contributed by atoms with Gasteiger partial charge in [-0.2, -0.15) is 0 Å². The van der Waals surface area contributed by atoms with Gasteiger partial charge in [0.1, 0.15) is 0 Å². The van der Waals surface area contributed by atoms with Gasteiger partial charge in [0.2, 0.25) is 11.8 Å². The quantitative estimate of drug-likeness (QED) is 0.507. The van der Waals surface area contributed by atoms with Crippen LogP contribution in [0.5, 0.6) is 5.75 Å². The maximum Gasteiger partial charge on any atom is 0.289 e. The molecule has 1 spiro atoms. The van der Waals surface area contributed by atoms with Crippen LogP contribution in [0.3, 0.4) is 0 Å². The zero-order valence-electron chi connectivity index (χ0n) is 21.0. The van der Waals surface area contributed by atoms with E-state index in [1.165, 1.54) is 0 Å². The van der Waals surface area contributed by atoms with Crippen molar-refractivity contribution in [2.75, 3.05) is 39.8 Å². The van der Waals surface area contributed by atoms with Crippen molar-refractivity contribution < 1.29 is 23.5 Å². The molecule has 5 heterocycles. The third kappa shape index (κ3) is 4.50. The third-order valence-corrected chi connectivity index (χ3v) is 9.15. The molecule has 1 atom stereocenters. The van der Waals surface area contributed by atoms with E-state index in [0.29, 0.717) is 56.2 Å². The van der Waals surface area contributed by atoms with Crippen molar-refractivity contribution in [3.05, 3.63) is 52.4 Å². The number of ether oxygens (including phenoxy) is 1. The fourth-order valence-electron chi connectivity index (χ4n) is 6.11. The molecule has 0 saturated carbocycles. The van der Waals surface area contributed by atoms with E-state index in [-0.39, 0.29) is 29.1 Å². The SMILES string of the molecule is COc1cccc2cc(C(=O)N3CCC4(CC3)CCN(C(=O)C3CC(=O)N(Cc5cccs5)C3)C4)oc12. The van der Waals surface area contributed by atoms with Crippen LogP contribution >= 0.6 is 11.3 Å². The number of hydrogen-bond acceptors (Lipinski definition) is 6. The highest BCUT2D eigenvalue weighted by Crippen LogP contribution is 2.42. The Kier molecular flexibility index (Phi) is 6.18. The molecule has 3 amide bonds. The highest BCUT2D eigenvalue weighted by molar-refractivity contribution is 7.09. The molecule has 3 saturated heterocycles. The van der Waals surface area contributed by atoms with Gasteiger partial charge in [-0.1, -0.05) is 18.2 Å². The van der Waals surface area contributed by atoms with Crippen LogP contribution in [0.15, 0.2) is 46.2 Å². The lowest BCUT2D eigenvalue weighted by Gasteiger charge is -2.39. The second kappa shape index (κ2) is 9.52. The van der Waals surface area contributed by atoms with Crippen LogP contribution in [0.4, 0.5) is 0 Å². The number of amides is 3. The van der Waals surface area contributed by atoms with Crippen molar-refractivity contribution in [3.8, 4) is 5.75 Å². The average Bonchev–Trinajstić information content (AvgIpc) is 3.71. The summed E-state index contributed by atoms with van der Waals surface area (Å²) in [6.07, 6.45) is 2.97. The molecule has 2 aromatic heterocycles. The van der Waals surface area contributed by atoms with E-state index < -0.39 is 0 Å². The average molecular weight is 522 g/mol. The van der Waals surface area contributed by atoms with Gasteiger partial charge < -0.3 is 23.9 Å². The molecule has 3 aliphatic heterocycles. The minimum atomic E-state index is -0.255. The smallest absolute Gasteiger partial charge is 0.289 e. The number of nitrogens with zero attached hydrogens (tertiary/aromatic N) is 3. The number of rotatable bonds is 5. The third-order valence-electron chi connectivity index (χ3n) is 8.29. The number of fused-ring (bicyclic) bond motifs is 1. The molecular formula is C28H31N3O5S. The van der Waals surface area contributed by atoms with Crippen LogP contribution in [-0.4, -0.2) is 72.3 Å². The van der Waals surface area contributed by atoms with E-state index >= 15 is 0 Å². The topological polar surface area (TPSA) is 83.3 Å². The number of para-hydroxylation sites is 1. The minimum absolute atomic E-state index is 0.0445. The number of likely N-dealkylation sites (tertiary alicyclic amines) is 3. The molecular weight excluding hydrogens is 490 g/mol. The first kappa shape index (κ1) is 24.0. The lowest BCUT2D eigenvalue weighted by Crippen LogP contribution is -2.45. The Hall–Kier alpha value is -3.33. The molecule has 0 N–H and O–H groups in total. The molecule has 0 bridgehead atoms. The molecule has 37 heavy (non-hydrogen) atoms. The summed E-state index contributed by atoms with van der Waals surface area (Å²) < 4.78 is 11.2. The van der Waals surface area contributed by atoms with E-state index in [4.69, 9.17) is 9.15 Å². The molecule has 9 heteroatoms. The lowest BCUT2D eigenvalue weighted by atomic mass is 9.77. The standard InChI is InChI=1S/C28H31N3O5S/c1-35-22-6-2-4-19-14-23(36-25(19)22)27(34)29-10-7-28(8-11-29)9-12-30(18-28)26(33)20-15-24(32)31(16-20)17-21-5-3-13-37-21/h2-6,13-14,20H,7-12,15-18H2,1H3. The van der Waals surface area contributed by atoms with Crippen LogP contribution in [0.1, 0.15) is 41.1 Å². The van der Waals surface area contributed by atoms with Gasteiger partial charge in [-0.3, -0.25) is 14.4 Å². The van der Waals surface area contributed by atoms with Crippen LogP contribution in [-0.2, 0) is 16.1 Å². The van der Waals surface area contributed by atoms with Gasteiger partial charge in [-0.25, -0.2) is 0 Å². The van der Waals surface area contributed by atoms with E-state index in [0.717, 1.165) is 36.1 Å². The van der Waals surface area contributed by atoms with Crippen molar-refractivity contribution in [3.63, 3.8) is 0 Å². The van der Waals surface area contributed by atoms with Crippen molar-refractivity contribution in [2.24, 2.45) is 11.3 Å². The molecule has 0 radical (unpaired) electrons. The number of carbonyl (C=O) groups is 3. The Morgan fingerprint density at radius 3 is 2.62 bits per heavy atom. The summed E-state index contributed by atoms with van der Waals surface area (Å²) in [5, 5.41) is 2.86. The van der Waals surface area contributed by atoms with Crippen molar-refractivity contribution in [2.45, 2.75) is 32.2 Å². The Balaban J connectivity index is 1.05. The van der Waals surface area contributed by atoms with Gasteiger partial charge >= 0.3 is 0 Å². The minimum Gasteiger partial charge on any atom is -0.493 e. The molecule has 3 fully saturated rings. The highest BCUT2D eigenvalue weighted by Gasteiger charge is 2.45. The van der Waals surface area contributed by atoms with Gasteiger partial charge in [0.05, 0.1) is 19.6 Å². The molecule has 6 rings (SSSR count). The number of benzene rings is 1. The number of furan rings is 1. The van der Waals surface area contributed by atoms with E-state index in [1.807, 2.05) is 50.4 Å². The summed E-state index contributed by atoms with van der Waals surface area (Å²) >= 11 is 1.64. The predicted octanol–water partition coefficient (Wildman–Crippen LogP) is 4.01. The summed E-state index contributed by atoms with van der Waals surface area (Å²) in [5.74, 6) is 0.758. The first-order valence-electron chi connectivity index (χ1n) is 12.9. The molecule has 8 nitrogen and oxygen atoms in total. The number of methoxy groups -OCH3 is 1. The van der Waals surface area contributed by atoms with Crippen LogP contribution in [0.25, 0.3) is 11.0 Å². The summed E-state index contributed by atoms with van der Waals surface area (Å²) in [6, 6.07) is 11.4. The van der Waals surface area contributed by atoms with Gasteiger partial charge in [-0.05, 0) is 48.3 Å². The van der Waals surface area contributed by atoms with E-state index in [2.05, 4.69) is 0 Å². The number of thiophene rings is 1. The molecule has 3 aromatic rings. The first-order chi connectivity index (χ1) is 17.9. The maximum absolute atomic E-state index is 13.3. The van der Waals surface area contributed by atoms with Gasteiger partial charge in [-0.15, -0.1) is 11.3 Å². The van der Waals surface area contributed by atoms with E-state index in [9.17, 15) is 14.4 Å². The largest absolute Gasteiger partial charge is 0.493 e. The Morgan fingerprint density at radius 1 is 1.11 bits per heavy atom. The number of piperidine rings is 1. The molecule has 1 unspecified atom stereocenters. The highest BCUT2D eigenvalue weighted by atomic mass is 32.1. The Labute approximate surface area is 219 Å². The zero-order valence-corrected chi connectivity index (χ0v) is 21.8. The second-order valence-corrected chi connectivity index (χ2v) is 11.6. The summed E-state index contributed by atoms with van der Waals surface area (Å²) in [6.45, 7) is 3.82. The van der Waals surface area contributed by atoms with Gasteiger partial charge in [0.25, 0.3) is 5.91 Å². The van der Waals surface area contributed by atoms with Crippen molar-refractivity contribution >= 4 is 40.0 Å². The molecule has 3 aliphatic rings. The Bertz CT molecular complexity index is 1320. The van der Waals surface area contributed by atoms with Gasteiger partial charge in [0.15, 0.2) is 17.1 Å². The number of carbonyl (C=O) groups excluding carboxylic acids is 3. The molecule has 1 aromatic carbocycles. The first-order valence-corrected chi connectivity index (χ1v) is 13.8. The maximum atomic E-state index is 13.3. The van der Waals surface area contributed by atoms with Crippen LogP contribution in [0, 0.1) is 11.3 Å². The predicted molar refractivity (Wildman–Crippen MR) is 139 cm³/mol. The number of hydrogen-bond donors (Lipinski definition) is 0. The summed E-state index contributed by atoms with van der Waals surface area (Å²) in [4.78, 5) is 45.8. The van der Waals surface area contributed by atoms with E-state index in [1.54, 1.807) is 24.5 Å². The monoisotopic (exact) mass is 521 g/mol. The second-order valence-electron chi connectivity index (χ2n) is 10.5. The normalized spacial score (nSPS) is 21.4. The molecule has 194 valence electrons. The van der Waals surface area contributed by atoms with Crippen molar-refractivity contribution in [1.82, 2.24) is 14.7 Å². The lowest BCUT2D eigenvalue weighted by molar-refractivity contribution is -0.135. The summed E-state index contributed by atoms with van der Waals surface area (Å²) in [5.41, 5.74) is 0.633. The summed E-state index contributed by atoms with van der Waals surface area (Å²) in [7, 11) is 1.59. The van der Waals surface area contributed by atoms with Crippen LogP contribution < -0.4 is 4.74 Å². The zero-order chi connectivity index (χ0) is 25.6. The van der Waals surface area contributed by atoms with Gasteiger partial charge in [0, 0.05) is 49.4 Å². The Morgan fingerprint density at radius 2 is 1.89 bits per heavy atom. The van der Waals surface area contributed by atoms with Crippen LogP contribution in [0.2, 0.25) is 0 Å².